The van der Waals surface area contributed by atoms with Gasteiger partial charge in [0, 0.05) is 25.8 Å². The average molecular weight is 544 g/mol. The first kappa shape index (κ1) is 27.1. The van der Waals surface area contributed by atoms with Gasteiger partial charge in [0.15, 0.2) is 0 Å². The molecule has 1 N–H and O–H groups in total. The molecule has 0 atom stereocenters. The van der Waals surface area contributed by atoms with Crippen molar-refractivity contribution in [2.24, 2.45) is 5.92 Å². The number of piperidine rings is 1. The van der Waals surface area contributed by atoms with Crippen molar-refractivity contribution >= 4 is 28.6 Å². The molecule has 10 nitrogen and oxygen atoms in total. The Morgan fingerprint density at radius 2 is 1.82 bits per heavy atom. The molecule has 208 valence electrons. The average Bonchev–Trinajstić information content (AvgIpc) is 2.97. The van der Waals surface area contributed by atoms with Gasteiger partial charge in [-0.3, -0.25) is 24.2 Å². The van der Waals surface area contributed by atoms with Crippen molar-refractivity contribution in [3.8, 4) is 5.75 Å². The van der Waals surface area contributed by atoms with Crippen molar-refractivity contribution in [3.63, 3.8) is 0 Å². The van der Waals surface area contributed by atoms with Gasteiger partial charge in [0.25, 0.3) is 11.5 Å². The number of aryl methyl sites for hydroxylation is 3. The summed E-state index contributed by atoms with van der Waals surface area (Å²) in [5.74, 6) is -0.0618. The molecule has 0 radical (unpaired) electrons. The van der Waals surface area contributed by atoms with Crippen LogP contribution in [0.2, 0.25) is 0 Å². The summed E-state index contributed by atoms with van der Waals surface area (Å²) in [5.41, 5.74) is 2.59. The van der Waals surface area contributed by atoms with Crippen LogP contribution >= 0.6 is 0 Å². The predicted molar refractivity (Wildman–Crippen MR) is 150 cm³/mol. The molecule has 1 amide bonds. The monoisotopic (exact) mass is 543 g/mol. The summed E-state index contributed by atoms with van der Waals surface area (Å²) in [5, 5.41) is 9.35. The number of pyridine rings is 2. The summed E-state index contributed by atoms with van der Waals surface area (Å²) in [6.07, 6.45) is 3.22. The number of aromatic nitrogens is 3. The highest BCUT2D eigenvalue weighted by Gasteiger charge is 2.30. The van der Waals surface area contributed by atoms with E-state index in [0.717, 1.165) is 16.9 Å². The van der Waals surface area contributed by atoms with E-state index in [2.05, 4.69) is 0 Å². The number of nitrogens with one attached hydrogen (secondary N) is 1. The molecule has 1 saturated heterocycles. The minimum Gasteiger partial charge on any atom is -0.497 e. The highest BCUT2D eigenvalue weighted by molar-refractivity contribution is 5.97. The van der Waals surface area contributed by atoms with E-state index in [1.165, 1.54) is 10.5 Å². The van der Waals surface area contributed by atoms with E-state index < -0.39 is 0 Å². The second-order valence-electron chi connectivity index (χ2n) is 10.0. The molecule has 5 rings (SSSR count). The zero-order valence-corrected chi connectivity index (χ0v) is 23.0. The number of fused-ring (bicyclic) bond motifs is 2. The Labute approximate surface area is 231 Å². The first-order chi connectivity index (χ1) is 19.3. The van der Waals surface area contributed by atoms with Crippen LogP contribution in [0.25, 0.3) is 16.7 Å². The van der Waals surface area contributed by atoms with Crippen LogP contribution in [0.15, 0.2) is 53.5 Å². The van der Waals surface area contributed by atoms with Crippen LogP contribution in [-0.2, 0) is 22.5 Å². The van der Waals surface area contributed by atoms with Crippen LogP contribution in [0, 0.1) is 18.3 Å². The normalized spacial score (nSPS) is 14.0. The first-order valence-corrected chi connectivity index (χ1v) is 13.5. The highest BCUT2D eigenvalue weighted by Crippen LogP contribution is 2.21. The molecule has 0 aliphatic carbocycles. The molecule has 1 aliphatic rings. The van der Waals surface area contributed by atoms with Gasteiger partial charge >= 0.3 is 5.97 Å². The van der Waals surface area contributed by atoms with Crippen LogP contribution in [0.3, 0.4) is 0 Å². The van der Waals surface area contributed by atoms with Gasteiger partial charge in [-0.05, 0) is 68.5 Å². The van der Waals surface area contributed by atoms with Gasteiger partial charge in [-0.25, -0.2) is 4.98 Å². The number of carbonyl (C=O) groups excluding carboxylic acids is 2. The summed E-state index contributed by atoms with van der Waals surface area (Å²) in [6, 6.07) is 12.8. The Bertz CT molecular complexity index is 1700. The lowest BCUT2D eigenvalue weighted by Gasteiger charge is -2.31. The van der Waals surface area contributed by atoms with E-state index in [9.17, 15) is 14.4 Å². The van der Waals surface area contributed by atoms with Crippen LogP contribution in [0.1, 0.15) is 41.3 Å². The van der Waals surface area contributed by atoms with E-state index >= 15 is 0 Å². The summed E-state index contributed by atoms with van der Waals surface area (Å²) in [4.78, 5) is 46.0. The molecule has 1 fully saturated rings. The second kappa shape index (κ2) is 11.3. The van der Waals surface area contributed by atoms with Gasteiger partial charge in [-0.2, -0.15) is 0 Å². The summed E-state index contributed by atoms with van der Waals surface area (Å²) < 4.78 is 13.5. The molecule has 10 heteroatoms. The molecule has 4 aromatic rings. The molecule has 4 heterocycles. The molecule has 3 aromatic heterocycles. The summed E-state index contributed by atoms with van der Waals surface area (Å²) >= 11 is 0. The standard InChI is InChI=1S/C30H33N5O5/c1-4-40-30(38)21-12-15-33(16-13-21)28(36)23-18-24-27(32-26-19(2)6-5-14-35(26)29(24)37)34(25(23)31)17-11-20-7-9-22(39-3)10-8-20/h5-10,14,18,21,31H,4,11-13,15-17H2,1-3H3. The van der Waals surface area contributed by atoms with E-state index in [4.69, 9.17) is 19.9 Å². The number of likely N-dealkylation sites (tertiary alicyclic amines) is 1. The number of hydrogen-bond donors (Lipinski definition) is 1. The maximum absolute atomic E-state index is 13.7. The molecule has 0 spiro atoms. The predicted octanol–water partition coefficient (Wildman–Crippen LogP) is 3.10. The van der Waals surface area contributed by atoms with Crippen molar-refractivity contribution in [2.45, 2.75) is 39.7 Å². The SMILES string of the molecule is CCOC(=O)C1CCN(C(=O)c2cc3c(=O)n4cccc(C)c4nc3n(CCc3ccc(OC)cc3)c2=N)CC1. The molecule has 0 bridgehead atoms. The number of hydrogen-bond acceptors (Lipinski definition) is 7. The maximum Gasteiger partial charge on any atom is 0.309 e. The Morgan fingerprint density at radius 1 is 1.10 bits per heavy atom. The smallest absolute Gasteiger partial charge is 0.309 e. The molecule has 1 aromatic carbocycles. The number of nitrogens with zero attached hydrogens (tertiary/aromatic N) is 4. The fourth-order valence-corrected chi connectivity index (χ4v) is 5.26. The molecular formula is C30H33N5O5. The molecule has 40 heavy (non-hydrogen) atoms. The van der Waals surface area contributed by atoms with Gasteiger partial charge in [0.05, 0.1) is 30.6 Å². The quantitative estimate of drug-likeness (QED) is 0.283. The zero-order chi connectivity index (χ0) is 28.4. The molecule has 1 aliphatic heterocycles. The van der Waals surface area contributed by atoms with Crippen LogP contribution in [-0.4, -0.2) is 57.5 Å². The number of methoxy groups -OCH3 is 1. The summed E-state index contributed by atoms with van der Waals surface area (Å²) in [7, 11) is 1.61. The third-order valence-electron chi connectivity index (χ3n) is 7.55. The fourth-order valence-electron chi connectivity index (χ4n) is 5.26. The van der Waals surface area contributed by atoms with Crippen LogP contribution in [0.5, 0.6) is 5.75 Å². The van der Waals surface area contributed by atoms with E-state index in [0.29, 0.717) is 56.8 Å². The lowest BCUT2D eigenvalue weighted by Crippen LogP contribution is -2.43. The number of rotatable bonds is 7. The largest absolute Gasteiger partial charge is 0.497 e. The van der Waals surface area contributed by atoms with Crippen molar-refractivity contribution < 1.29 is 19.1 Å². The third kappa shape index (κ3) is 5.09. The van der Waals surface area contributed by atoms with Crippen molar-refractivity contribution in [2.75, 3.05) is 26.8 Å². The van der Waals surface area contributed by atoms with Crippen molar-refractivity contribution in [1.82, 2.24) is 18.9 Å². The minimum absolute atomic E-state index is 0.00311. The topological polar surface area (TPSA) is 119 Å². The molecule has 0 saturated carbocycles. The number of ether oxygens (including phenoxy) is 2. The number of carbonyl (C=O) groups is 2. The van der Waals surface area contributed by atoms with Gasteiger partial charge in [-0.15, -0.1) is 0 Å². The zero-order valence-electron chi connectivity index (χ0n) is 23.0. The molecular weight excluding hydrogens is 510 g/mol. The Morgan fingerprint density at radius 3 is 2.50 bits per heavy atom. The number of benzene rings is 1. The lowest BCUT2D eigenvalue weighted by atomic mass is 9.96. The Hall–Kier alpha value is -4.47. The lowest BCUT2D eigenvalue weighted by molar-refractivity contribution is -0.149. The third-order valence-corrected chi connectivity index (χ3v) is 7.55. The van der Waals surface area contributed by atoms with Gasteiger partial charge in [0.2, 0.25) is 0 Å². The first-order valence-electron chi connectivity index (χ1n) is 13.5. The van der Waals surface area contributed by atoms with Gasteiger partial charge in [0.1, 0.15) is 22.5 Å². The second-order valence-corrected chi connectivity index (χ2v) is 10.0. The number of esters is 1. The fraction of sp³-hybridized carbons (Fsp3) is 0.367. The Balaban J connectivity index is 1.56. The van der Waals surface area contributed by atoms with E-state index in [1.807, 2.05) is 37.3 Å². The van der Waals surface area contributed by atoms with E-state index in [1.54, 1.807) is 35.8 Å². The van der Waals surface area contributed by atoms with Gasteiger partial charge < -0.3 is 18.9 Å². The number of amides is 1. The van der Waals surface area contributed by atoms with Crippen molar-refractivity contribution in [1.29, 1.82) is 5.41 Å². The van der Waals surface area contributed by atoms with Crippen LogP contribution in [0.4, 0.5) is 0 Å². The summed E-state index contributed by atoms with van der Waals surface area (Å²) in [6.45, 7) is 5.08. The van der Waals surface area contributed by atoms with Crippen LogP contribution < -0.4 is 15.8 Å². The highest BCUT2D eigenvalue weighted by atomic mass is 16.5. The van der Waals surface area contributed by atoms with E-state index in [-0.39, 0.29) is 39.8 Å². The van der Waals surface area contributed by atoms with Gasteiger partial charge in [-0.1, -0.05) is 18.2 Å². The minimum atomic E-state index is -0.332. The Kier molecular flexibility index (Phi) is 7.68. The van der Waals surface area contributed by atoms with Crippen molar-refractivity contribution in [3.05, 3.63) is 81.2 Å². The molecule has 0 unspecified atom stereocenters. The maximum atomic E-state index is 13.7.